The van der Waals surface area contributed by atoms with Crippen LogP contribution >= 0.6 is 0 Å². The molecule has 1 aliphatic heterocycles. The van der Waals surface area contributed by atoms with Gasteiger partial charge in [-0.2, -0.15) is 0 Å². The van der Waals surface area contributed by atoms with Crippen LogP contribution in [0.4, 0.5) is 0 Å². The lowest BCUT2D eigenvalue weighted by Crippen LogP contribution is -2.50. The van der Waals surface area contributed by atoms with Gasteiger partial charge in [0.2, 0.25) is 0 Å². The fourth-order valence-electron chi connectivity index (χ4n) is 4.99. The largest absolute Gasteiger partial charge is 0.493 e. The molecule has 36 heavy (non-hydrogen) atoms. The van der Waals surface area contributed by atoms with E-state index in [9.17, 15) is 5.11 Å². The highest BCUT2D eigenvalue weighted by Gasteiger charge is 2.27. The van der Waals surface area contributed by atoms with E-state index in [-0.39, 0.29) is 12.1 Å². The van der Waals surface area contributed by atoms with Crippen LogP contribution in [0, 0.1) is 0 Å². The van der Waals surface area contributed by atoms with Crippen LogP contribution in [0.5, 0.6) is 11.5 Å². The Hall–Kier alpha value is -2.90. The van der Waals surface area contributed by atoms with E-state index >= 15 is 0 Å². The Labute approximate surface area is 215 Å². The first-order valence-electron chi connectivity index (χ1n) is 12.8. The van der Waals surface area contributed by atoms with Crippen molar-refractivity contribution >= 4 is 0 Å². The predicted octanol–water partition coefficient (Wildman–Crippen LogP) is 3.60. The number of ether oxygens (including phenoxy) is 2. The summed E-state index contributed by atoms with van der Waals surface area (Å²) in [6.45, 7) is 5.96. The van der Waals surface area contributed by atoms with Gasteiger partial charge in [0, 0.05) is 39.3 Å². The fourth-order valence-corrected chi connectivity index (χ4v) is 4.99. The second-order valence-electron chi connectivity index (χ2n) is 9.36. The first kappa shape index (κ1) is 26.2. The van der Waals surface area contributed by atoms with Crippen molar-refractivity contribution < 1.29 is 14.6 Å². The van der Waals surface area contributed by atoms with Crippen LogP contribution in [0.1, 0.15) is 22.7 Å². The monoisotopic (exact) mass is 489 g/mol. The topological polar surface area (TPSA) is 57.2 Å². The quantitative estimate of drug-likeness (QED) is 0.379. The summed E-state index contributed by atoms with van der Waals surface area (Å²) in [4.78, 5) is 4.94. The lowest BCUT2D eigenvalue weighted by atomic mass is 9.96. The number of nitrogens with zero attached hydrogens (tertiary/aromatic N) is 2. The van der Waals surface area contributed by atoms with Gasteiger partial charge in [-0.15, -0.1) is 0 Å². The minimum atomic E-state index is -0.388. The van der Waals surface area contributed by atoms with Gasteiger partial charge in [0.05, 0.1) is 26.4 Å². The summed E-state index contributed by atoms with van der Waals surface area (Å²) in [7, 11) is 3.30. The molecule has 1 atom stereocenters. The van der Waals surface area contributed by atoms with Crippen LogP contribution in [0.25, 0.3) is 0 Å². The molecule has 1 heterocycles. The number of aliphatic hydroxyl groups excluding tert-OH is 1. The van der Waals surface area contributed by atoms with Crippen molar-refractivity contribution in [2.24, 2.45) is 0 Å². The number of methoxy groups -OCH3 is 2. The zero-order valence-electron chi connectivity index (χ0n) is 21.5. The second-order valence-corrected chi connectivity index (χ2v) is 9.36. The smallest absolute Gasteiger partial charge is 0.160 e. The number of nitrogens with one attached hydrogen (secondary N) is 1. The van der Waals surface area contributed by atoms with Crippen LogP contribution in [-0.4, -0.2) is 81.0 Å². The number of hydrogen-bond acceptors (Lipinski definition) is 6. The van der Waals surface area contributed by atoms with Crippen molar-refractivity contribution in [1.82, 2.24) is 15.1 Å². The molecule has 1 aliphatic rings. The van der Waals surface area contributed by atoms with Gasteiger partial charge in [-0.3, -0.25) is 9.80 Å². The van der Waals surface area contributed by atoms with Crippen LogP contribution in [-0.2, 0) is 6.42 Å². The van der Waals surface area contributed by atoms with E-state index in [2.05, 4.69) is 81.8 Å². The molecule has 1 saturated heterocycles. The third-order valence-corrected chi connectivity index (χ3v) is 6.89. The highest BCUT2D eigenvalue weighted by atomic mass is 16.5. The van der Waals surface area contributed by atoms with Gasteiger partial charge in [-0.05, 0) is 41.8 Å². The second kappa shape index (κ2) is 13.4. The zero-order chi connectivity index (χ0) is 25.2. The van der Waals surface area contributed by atoms with E-state index in [0.717, 1.165) is 50.6 Å². The zero-order valence-corrected chi connectivity index (χ0v) is 21.5. The van der Waals surface area contributed by atoms with Crippen molar-refractivity contribution in [3.8, 4) is 11.5 Å². The molecule has 1 fully saturated rings. The summed E-state index contributed by atoms with van der Waals surface area (Å²) >= 11 is 0. The Morgan fingerprint density at radius 1 is 0.806 bits per heavy atom. The standard InChI is InChI=1S/C30H39N3O3/c1-35-28-14-13-24(21-29(28)36-2)15-16-31-22-27(34)23-32-17-19-33(20-18-32)30(25-9-5-3-6-10-25)26-11-7-4-8-12-26/h3-14,21,27,30-31,34H,15-20,22-23H2,1-2H3. The third kappa shape index (κ3) is 7.08. The van der Waals surface area contributed by atoms with Crippen LogP contribution in [0.15, 0.2) is 78.9 Å². The van der Waals surface area contributed by atoms with Crippen LogP contribution in [0.3, 0.4) is 0 Å². The number of benzene rings is 3. The summed E-state index contributed by atoms with van der Waals surface area (Å²) in [6.07, 6.45) is 0.479. The molecule has 3 aromatic rings. The van der Waals surface area contributed by atoms with Crippen molar-refractivity contribution in [1.29, 1.82) is 0 Å². The fraction of sp³-hybridized carbons (Fsp3) is 0.400. The highest BCUT2D eigenvalue weighted by molar-refractivity contribution is 5.43. The minimum Gasteiger partial charge on any atom is -0.493 e. The van der Waals surface area contributed by atoms with Crippen LogP contribution in [0.2, 0.25) is 0 Å². The maximum Gasteiger partial charge on any atom is 0.160 e. The molecule has 6 nitrogen and oxygen atoms in total. The molecule has 0 aliphatic carbocycles. The number of aliphatic hydroxyl groups is 1. The molecule has 2 N–H and O–H groups in total. The van der Waals surface area contributed by atoms with Gasteiger partial charge in [0.15, 0.2) is 11.5 Å². The number of rotatable bonds is 12. The average Bonchev–Trinajstić information content (AvgIpc) is 2.93. The van der Waals surface area contributed by atoms with Crippen molar-refractivity contribution in [2.75, 3.05) is 60.0 Å². The van der Waals surface area contributed by atoms with Gasteiger partial charge in [-0.1, -0.05) is 66.7 Å². The summed E-state index contributed by atoms with van der Waals surface area (Å²) in [6, 6.07) is 27.8. The molecule has 0 spiro atoms. The molecule has 3 aromatic carbocycles. The molecular weight excluding hydrogens is 450 g/mol. The Bertz CT molecular complexity index is 1000. The number of hydrogen-bond donors (Lipinski definition) is 2. The van der Waals surface area contributed by atoms with Gasteiger partial charge in [-0.25, -0.2) is 0 Å². The maximum atomic E-state index is 10.6. The first-order valence-corrected chi connectivity index (χ1v) is 12.8. The molecule has 1 unspecified atom stereocenters. The van der Waals surface area contributed by atoms with Crippen molar-refractivity contribution in [3.05, 3.63) is 95.6 Å². The normalized spacial score (nSPS) is 15.7. The molecule has 192 valence electrons. The van der Waals surface area contributed by atoms with E-state index in [4.69, 9.17) is 9.47 Å². The van der Waals surface area contributed by atoms with Gasteiger partial charge < -0.3 is 19.9 Å². The van der Waals surface area contributed by atoms with Gasteiger partial charge >= 0.3 is 0 Å². The van der Waals surface area contributed by atoms with E-state index in [1.54, 1.807) is 14.2 Å². The summed E-state index contributed by atoms with van der Waals surface area (Å²) in [5, 5.41) is 14.0. The van der Waals surface area contributed by atoms with Crippen molar-refractivity contribution in [3.63, 3.8) is 0 Å². The lowest BCUT2D eigenvalue weighted by molar-refractivity contribution is 0.0626. The van der Waals surface area contributed by atoms with Crippen LogP contribution < -0.4 is 14.8 Å². The van der Waals surface area contributed by atoms with Gasteiger partial charge in [0.25, 0.3) is 0 Å². The molecular formula is C30H39N3O3. The molecule has 0 radical (unpaired) electrons. The third-order valence-electron chi connectivity index (χ3n) is 6.89. The van der Waals surface area contributed by atoms with E-state index in [1.807, 2.05) is 12.1 Å². The summed E-state index contributed by atoms with van der Waals surface area (Å²) < 4.78 is 10.7. The Morgan fingerprint density at radius 3 is 2.00 bits per heavy atom. The Kier molecular flexibility index (Phi) is 9.76. The predicted molar refractivity (Wildman–Crippen MR) is 145 cm³/mol. The SMILES string of the molecule is COc1ccc(CCNCC(O)CN2CCN(C(c3ccccc3)c3ccccc3)CC2)cc1OC. The molecule has 6 heteroatoms. The lowest BCUT2D eigenvalue weighted by Gasteiger charge is -2.40. The van der Waals surface area contributed by atoms with E-state index in [1.165, 1.54) is 16.7 Å². The minimum absolute atomic E-state index is 0.262. The molecule has 0 bridgehead atoms. The first-order chi connectivity index (χ1) is 17.7. The Morgan fingerprint density at radius 2 is 1.42 bits per heavy atom. The molecule has 0 amide bonds. The Balaban J connectivity index is 1.22. The van der Waals surface area contributed by atoms with Gasteiger partial charge in [0.1, 0.15) is 0 Å². The number of β-amino-alcohol motifs (C(OH)–C–C–N with tert-alkyl or cyclic N) is 1. The summed E-state index contributed by atoms with van der Waals surface area (Å²) in [5.74, 6) is 1.49. The summed E-state index contributed by atoms with van der Waals surface area (Å²) in [5.41, 5.74) is 3.84. The molecule has 0 saturated carbocycles. The molecule has 4 rings (SSSR count). The van der Waals surface area contributed by atoms with E-state index < -0.39 is 0 Å². The number of piperazine rings is 1. The van der Waals surface area contributed by atoms with E-state index in [0.29, 0.717) is 13.1 Å². The maximum absolute atomic E-state index is 10.6. The highest BCUT2D eigenvalue weighted by Crippen LogP contribution is 2.29. The molecule has 0 aromatic heterocycles. The van der Waals surface area contributed by atoms with Crippen molar-refractivity contribution in [2.45, 2.75) is 18.6 Å². The average molecular weight is 490 g/mol.